The summed E-state index contributed by atoms with van der Waals surface area (Å²) in [5, 5.41) is 20.6. The minimum absolute atomic E-state index is 0.00333. The molecular formula is C14H13N3O. The lowest BCUT2D eigenvalue weighted by molar-refractivity contribution is 0.0906. The standard InChI is InChI=1S/C14H13N3O/c15-9-3-7-14(8-4-10-16)13(18)11-5-1-2-6-12(11)17-14/h1-2,5-6,17H,3-4,7-8H2. The van der Waals surface area contributed by atoms with Crippen molar-refractivity contribution in [1.82, 2.24) is 0 Å². The molecule has 1 N–H and O–H groups in total. The summed E-state index contributed by atoms with van der Waals surface area (Å²) in [5.41, 5.74) is 0.696. The molecular weight excluding hydrogens is 226 g/mol. The van der Waals surface area contributed by atoms with Gasteiger partial charge in [0.05, 0.1) is 12.1 Å². The monoisotopic (exact) mass is 239 g/mol. The molecule has 2 rings (SSSR count). The number of hydrogen-bond acceptors (Lipinski definition) is 4. The summed E-state index contributed by atoms with van der Waals surface area (Å²) in [6, 6.07) is 11.5. The van der Waals surface area contributed by atoms with Gasteiger partial charge in [0.25, 0.3) is 0 Å². The van der Waals surface area contributed by atoms with E-state index in [0.717, 1.165) is 5.69 Å². The third-order valence-corrected chi connectivity index (χ3v) is 3.31. The number of rotatable bonds is 4. The first-order chi connectivity index (χ1) is 8.73. The number of carbonyl (C=O) groups is 1. The van der Waals surface area contributed by atoms with E-state index in [1.807, 2.05) is 18.2 Å². The number of Topliss-reactive ketones (excluding diaryl/α,β-unsaturated/α-hetero) is 1. The number of anilines is 1. The largest absolute Gasteiger partial charge is 0.372 e. The van der Waals surface area contributed by atoms with Crippen LogP contribution in [0.1, 0.15) is 36.0 Å². The van der Waals surface area contributed by atoms with Gasteiger partial charge in [-0.3, -0.25) is 4.79 Å². The van der Waals surface area contributed by atoms with Crippen molar-refractivity contribution in [3.8, 4) is 12.1 Å². The van der Waals surface area contributed by atoms with Crippen molar-refractivity contribution >= 4 is 11.5 Å². The predicted molar refractivity (Wildman–Crippen MR) is 66.8 cm³/mol. The maximum absolute atomic E-state index is 12.4. The number of ketones is 1. The molecule has 0 unspecified atom stereocenters. The first-order valence-corrected chi connectivity index (χ1v) is 5.89. The van der Waals surface area contributed by atoms with Gasteiger partial charge in [-0.15, -0.1) is 0 Å². The molecule has 1 aromatic carbocycles. The highest BCUT2D eigenvalue weighted by Gasteiger charge is 2.44. The van der Waals surface area contributed by atoms with E-state index in [4.69, 9.17) is 10.5 Å². The molecule has 0 saturated heterocycles. The van der Waals surface area contributed by atoms with Gasteiger partial charge in [-0.2, -0.15) is 10.5 Å². The van der Waals surface area contributed by atoms with Crippen molar-refractivity contribution in [2.75, 3.05) is 5.32 Å². The molecule has 1 heterocycles. The number of fused-ring (bicyclic) bond motifs is 1. The average molecular weight is 239 g/mol. The molecule has 0 aliphatic carbocycles. The lowest BCUT2D eigenvalue weighted by Gasteiger charge is -2.26. The number of nitriles is 2. The Morgan fingerprint density at radius 3 is 2.28 bits per heavy atom. The number of carbonyl (C=O) groups excluding carboxylic acids is 1. The molecule has 0 aromatic heterocycles. The van der Waals surface area contributed by atoms with Crippen LogP contribution in [0, 0.1) is 22.7 Å². The first kappa shape index (κ1) is 12.1. The van der Waals surface area contributed by atoms with Crippen molar-refractivity contribution in [2.24, 2.45) is 0 Å². The highest BCUT2D eigenvalue weighted by atomic mass is 16.1. The maximum Gasteiger partial charge on any atom is 0.190 e. The van der Waals surface area contributed by atoms with Crippen LogP contribution in [-0.4, -0.2) is 11.3 Å². The Bertz CT molecular complexity index is 533. The summed E-state index contributed by atoms with van der Waals surface area (Å²) in [7, 11) is 0. The van der Waals surface area contributed by atoms with E-state index < -0.39 is 5.54 Å². The van der Waals surface area contributed by atoms with Crippen molar-refractivity contribution in [1.29, 1.82) is 10.5 Å². The van der Waals surface area contributed by atoms with E-state index in [9.17, 15) is 4.79 Å². The van der Waals surface area contributed by atoms with Crippen LogP contribution in [0.5, 0.6) is 0 Å². The van der Waals surface area contributed by atoms with Gasteiger partial charge >= 0.3 is 0 Å². The highest BCUT2D eigenvalue weighted by molar-refractivity contribution is 6.13. The molecule has 0 spiro atoms. The molecule has 0 fully saturated rings. The molecule has 1 aliphatic heterocycles. The van der Waals surface area contributed by atoms with Crippen LogP contribution >= 0.6 is 0 Å². The second kappa shape index (κ2) is 4.89. The van der Waals surface area contributed by atoms with Crippen molar-refractivity contribution in [2.45, 2.75) is 31.2 Å². The third kappa shape index (κ3) is 1.94. The minimum Gasteiger partial charge on any atom is -0.372 e. The predicted octanol–water partition coefficient (Wildman–Crippen LogP) is 2.64. The van der Waals surface area contributed by atoms with Crippen molar-refractivity contribution < 1.29 is 4.79 Å². The number of para-hydroxylation sites is 1. The van der Waals surface area contributed by atoms with E-state index >= 15 is 0 Å². The third-order valence-electron chi connectivity index (χ3n) is 3.31. The molecule has 90 valence electrons. The Kier molecular flexibility index (Phi) is 3.30. The van der Waals surface area contributed by atoms with Gasteiger partial charge in [-0.1, -0.05) is 12.1 Å². The minimum atomic E-state index is -0.769. The van der Waals surface area contributed by atoms with Crippen LogP contribution < -0.4 is 5.32 Å². The Balaban J connectivity index is 2.31. The quantitative estimate of drug-likeness (QED) is 0.876. The van der Waals surface area contributed by atoms with Gasteiger partial charge in [0, 0.05) is 24.1 Å². The number of hydrogen-bond donors (Lipinski definition) is 1. The van der Waals surface area contributed by atoms with Gasteiger partial charge in [0.2, 0.25) is 0 Å². The number of benzene rings is 1. The van der Waals surface area contributed by atoms with E-state index in [0.29, 0.717) is 31.2 Å². The van der Waals surface area contributed by atoms with Gasteiger partial charge in [-0.25, -0.2) is 0 Å². The maximum atomic E-state index is 12.4. The smallest absolute Gasteiger partial charge is 0.190 e. The molecule has 1 aliphatic rings. The second-order valence-electron chi connectivity index (χ2n) is 4.40. The number of nitrogens with zero attached hydrogens (tertiary/aromatic N) is 2. The van der Waals surface area contributed by atoms with Crippen molar-refractivity contribution in [3.63, 3.8) is 0 Å². The Morgan fingerprint density at radius 1 is 1.11 bits per heavy atom. The molecule has 0 bridgehead atoms. The van der Waals surface area contributed by atoms with Crippen LogP contribution in [0.4, 0.5) is 5.69 Å². The Hall–Kier alpha value is -2.33. The summed E-state index contributed by atoms with van der Waals surface area (Å²) in [6.07, 6.45) is 1.49. The summed E-state index contributed by atoms with van der Waals surface area (Å²) in [6.45, 7) is 0. The molecule has 1 aromatic rings. The van der Waals surface area contributed by atoms with Gasteiger partial charge < -0.3 is 5.32 Å². The van der Waals surface area contributed by atoms with E-state index in [1.54, 1.807) is 6.07 Å². The van der Waals surface area contributed by atoms with Crippen LogP contribution in [-0.2, 0) is 0 Å². The van der Waals surface area contributed by atoms with Crippen LogP contribution in [0.3, 0.4) is 0 Å². The molecule has 0 saturated carbocycles. The van der Waals surface area contributed by atoms with Crippen LogP contribution in [0.25, 0.3) is 0 Å². The van der Waals surface area contributed by atoms with E-state index in [1.165, 1.54) is 0 Å². The summed E-state index contributed by atoms with van der Waals surface area (Å²) in [4.78, 5) is 12.4. The van der Waals surface area contributed by atoms with Gasteiger partial charge in [-0.05, 0) is 25.0 Å². The fourth-order valence-electron chi connectivity index (χ4n) is 2.38. The molecule has 0 atom stereocenters. The van der Waals surface area contributed by atoms with Crippen molar-refractivity contribution in [3.05, 3.63) is 29.8 Å². The molecule has 18 heavy (non-hydrogen) atoms. The van der Waals surface area contributed by atoms with Crippen LogP contribution in [0.15, 0.2) is 24.3 Å². The normalized spacial score (nSPS) is 15.3. The number of nitrogens with one attached hydrogen (secondary N) is 1. The Labute approximate surface area is 106 Å². The van der Waals surface area contributed by atoms with Gasteiger partial charge in [0.15, 0.2) is 5.78 Å². The SMILES string of the molecule is N#CCCC1(CCC#N)Nc2ccccc2C1=O. The highest BCUT2D eigenvalue weighted by Crippen LogP contribution is 2.37. The summed E-state index contributed by atoms with van der Waals surface area (Å²) in [5.74, 6) is 0.00333. The zero-order valence-electron chi connectivity index (χ0n) is 9.94. The van der Waals surface area contributed by atoms with Crippen LogP contribution in [0.2, 0.25) is 0 Å². The first-order valence-electron chi connectivity index (χ1n) is 5.89. The zero-order valence-corrected chi connectivity index (χ0v) is 9.94. The lowest BCUT2D eigenvalue weighted by Crippen LogP contribution is -2.41. The van der Waals surface area contributed by atoms with Gasteiger partial charge in [0.1, 0.15) is 5.54 Å². The Morgan fingerprint density at radius 2 is 1.72 bits per heavy atom. The fourth-order valence-corrected chi connectivity index (χ4v) is 2.38. The lowest BCUT2D eigenvalue weighted by atomic mass is 9.84. The second-order valence-corrected chi connectivity index (χ2v) is 4.40. The summed E-state index contributed by atoms with van der Waals surface area (Å²) >= 11 is 0. The molecule has 0 amide bonds. The zero-order chi connectivity index (χ0) is 13.0. The fraction of sp³-hybridized carbons (Fsp3) is 0.357. The summed E-state index contributed by atoms with van der Waals surface area (Å²) < 4.78 is 0. The van der Waals surface area contributed by atoms with E-state index in [2.05, 4.69) is 17.5 Å². The molecule has 4 heteroatoms. The molecule has 0 radical (unpaired) electrons. The van der Waals surface area contributed by atoms with E-state index in [-0.39, 0.29) is 5.78 Å². The topological polar surface area (TPSA) is 76.7 Å². The average Bonchev–Trinajstić information content (AvgIpc) is 2.68. The molecule has 4 nitrogen and oxygen atoms in total.